The first-order valence-electron chi connectivity index (χ1n) is 11.1. The van der Waals surface area contributed by atoms with Gasteiger partial charge in [0.05, 0.1) is 12.0 Å². The van der Waals surface area contributed by atoms with Crippen LogP contribution in [0.2, 0.25) is 0 Å². The highest BCUT2D eigenvalue weighted by atomic mass is 16.8. The minimum atomic E-state index is -1.42. The number of aromatic nitrogens is 2. The van der Waals surface area contributed by atoms with Gasteiger partial charge in [-0.25, -0.2) is 4.79 Å². The molecule has 3 heterocycles. The Hall–Kier alpha value is -2.01. The summed E-state index contributed by atoms with van der Waals surface area (Å²) in [6, 6.07) is 0. The van der Waals surface area contributed by atoms with Crippen LogP contribution in [0, 0.1) is 12.3 Å². The van der Waals surface area contributed by atoms with Gasteiger partial charge >= 0.3 is 11.7 Å². The molecule has 10 heteroatoms. The van der Waals surface area contributed by atoms with Gasteiger partial charge in [0.1, 0.15) is 18.8 Å². The minimum Gasteiger partial charge on any atom is -0.462 e. The molecule has 0 bridgehead atoms. The van der Waals surface area contributed by atoms with Crippen molar-refractivity contribution in [1.29, 1.82) is 0 Å². The van der Waals surface area contributed by atoms with Gasteiger partial charge in [-0.2, -0.15) is 0 Å². The minimum absolute atomic E-state index is 0.256. The lowest BCUT2D eigenvalue weighted by atomic mass is 9.94. The molecule has 1 saturated carbocycles. The average molecular weight is 453 g/mol. The van der Waals surface area contributed by atoms with Crippen LogP contribution in [0.25, 0.3) is 0 Å². The molecule has 178 valence electrons. The second-order valence-corrected chi connectivity index (χ2v) is 10.1. The van der Waals surface area contributed by atoms with Gasteiger partial charge in [0.25, 0.3) is 5.56 Å². The van der Waals surface area contributed by atoms with Gasteiger partial charge in [-0.05, 0) is 40.5 Å². The molecule has 1 aliphatic carbocycles. The Bertz CT molecular complexity index is 987. The molecule has 4 rings (SSSR count). The monoisotopic (exact) mass is 452 g/mol. The van der Waals surface area contributed by atoms with Crippen molar-refractivity contribution in [3.8, 4) is 0 Å². The van der Waals surface area contributed by atoms with Gasteiger partial charge in [0.2, 0.25) is 0 Å². The van der Waals surface area contributed by atoms with E-state index in [1.54, 1.807) is 27.7 Å². The molecule has 32 heavy (non-hydrogen) atoms. The number of rotatable bonds is 4. The van der Waals surface area contributed by atoms with Gasteiger partial charge in [-0.15, -0.1) is 0 Å². The van der Waals surface area contributed by atoms with Crippen LogP contribution in [0.1, 0.15) is 64.7 Å². The fraction of sp³-hybridized carbons (Fsp3) is 0.773. The van der Waals surface area contributed by atoms with Gasteiger partial charge in [-0.3, -0.25) is 19.1 Å². The van der Waals surface area contributed by atoms with Crippen LogP contribution >= 0.6 is 0 Å². The summed E-state index contributed by atoms with van der Waals surface area (Å²) in [5, 5.41) is 10.4. The molecule has 0 radical (unpaired) electrons. The number of aromatic amines is 1. The number of fused-ring (bicyclic) bond motifs is 1. The van der Waals surface area contributed by atoms with E-state index in [0.717, 1.165) is 19.3 Å². The van der Waals surface area contributed by atoms with Crippen molar-refractivity contribution in [2.24, 2.45) is 5.41 Å². The number of hydrogen-bond donors (Lipinski definition) is 2. The van der Waals surface area contributed by atoms with Gasteiger partial charge in [-0.1, -0.05) is 6.42 Å². The van der Waals surface area contributed by atoms with E-state index >= 15 is 0 Å². The number of carbonyl (C=O) groups excluding carboxylic acids is 1. The van der Waals surface area contributed by atoms with E-state index in [2.05, 4.69) is 4.98 Å². The summed E-state index contributed by atoms with van der Waals surface area (Å²) in [5.74, 6) is -1.28. The van der Waals surface area contributed by atoms with Crippen molar-refractivity contribution in [3.63, 3.8) is 0 Å². The van der Waals surface area contributed by atoms with Crippen LogP contribution in [0.5, 0.6) is 0 Å². The van der Waals surface area contributed by atoms with E-state index in [1.165, 1.54) is 10.8 Å². The van der Waals surface area contributed by atoms with Crippen molar-refractivity contribution in [3.05, 3.63) is 32.6 Å². The zero-order valence-electron chi connectivity index (χ0n) is 19.0. The van der Waals surface area contributed by atoms with Crippen LogP contribution in [-0.2, 0) is 23.7 Å². The first kappa shape index (κ1) is 23.2. The Morgan fingerprint density at radius 3 is 2.53 bits per heavy atom. The van der Waals surface area contributed by atoms with Crippen LogP contribution in [-0.4, -0.2) is 57.4 Å². The molecule has 1 aromatic heterocycles. The molecular formula is C22H32N2O8. The Kier molecular flexibility index (Phi) is 5.85. The number of carbonyl (C=O) groups is 1. The highest BCUT2D eigenvalue weighted by molar-refractivity contribution is 5.75. The fourth-order valence-corrected chi connectivity index (χ4v) is 4.63. The molecule has 4 atom stereocenters. The van der Waals surface area contributed by atoms with E-state index < -0.39 is 59.1 Å². The molecule has 3 fully saturated rings. The quantitative estimate of drug-likeness (QED) is 0.651. The lowest BCUT2D eigenvalue weighted by Gasteiger charge is -2.37. The zero-order valence-corrected chi connectivity index (χ0v) is 19.0. The van der Waals surface area contributed by atoms with E-state index in [0.29, 0.717) is 18.4 Å². The molecule has 10 nitrogen and oxygen atoms in total. The third-order valence-electron chi connectivity index (χ3n) is 6.51. The van der Waals surface area contributed by atoms with Crippen molar-refractivity contribution in [1.82, 2.24) is 9.55 Å². The molecule has 1 spiro atoms. The Balaban J connectivity index is 1.71. The molecular weight excluding hydrogens is 420 g/mol. The molecule has 2 N–H and O–H groups in total. The largest absolute Gasteiger partial charge is 0.462 e. The van der Waals surface area contributed by atoms with E-state index in [-0.39, 0.29) is 6.61 Å². The molecule has 0 aromatic carbocycles. The summed E-state index contributed by atoms with van der Waals surface area (Å²) in [7, 11) is 0. The second kappa shape index (κ2) is 8.09. The standard InChI is InChI=1S/C22H32N2O8/c1-13-10-24(19(28)23-16(13)26)17-14-15(31-22(30-14)8-6-5-7-9-22)21(11-25,32-17)12-29-18(27)20(2,3)4/h10,14-15,17,25H,5-9,11-12H2,1-4H3,(H,23,26,28)/t14-,15+,17-,21-/m1/s1. The Labute approximate surface area is 185 Å². The van der Waals surface area contributed by atoms with Gasteiger partial charge in [0, 0.05) is 24.6 Å². The molecule has 0 unspecified atom stereocenters. The first-order chi connectivity index (χ1) is 15.0. The predicted octanol–water partition coefficient (Wildman–Crippen LogP) is 1.14. The maximum atomic E-state index is 12.6. The van der Waals surface area contributed by atoms with Crippen molar-refractivity contribution < 1.29 is 28.8 Å². The summed E-state index contributed by atoms with van der Waals surface area (Å²) < 4.78 is 25.7. The summed E-state index contributed by atoms with van der Waals surface area (Å²) in [6.07, 6.45) is 3.29. The lowest BCUT2D eigenvalue weighted by molar-refractivity contribution is -0.259. The van der Waals surface area contributed by atoms with E-state index in [9.17, 15) is 19.5 Å². The number of aliphatic hydroxyl groups excluding tert-OH is 1. The Morgan fingerprint density at radius 2 is 1.91 bits per heavy atom. The third kappa shape index (κ3) is 3.93. The molecule has 2 saturated heterocycles. The molecule has 2 aliphatic heterocycles. The highest BCUT2D eigenvalue weighted by Gasteiger charge is 2.66. The number of aryl methyl sites for hydroxylation is 1. The van der Waals surface area contributed by atoms with Crippen LogP contribution in [0.15, 0.2) is 15.8 Å². The van der Waals surface area contributed by atoms with Crippen molar-refractivity contribution >= 4 is 5.97 Å². The smallest absolute Gasteiger partial charge is 0.330 e. The number of ether oxygens (including phenoxy) is 4. The lowest BCUT2D eigenvalue weighted by Crippen LogP contribution is -2.51. The summed E-state index contributed by atoms with van der Waals surface area (Å²) in [4.78, 5) is 39.2. The van der Waals surface area contributed by atoms with Crippen molar-refractivity contribution in [2.75, 3.05) is 13.2 Å². The number of nitrogens with zero attached hydrogens (tertiary/aromatic N) is 1. The average Bonchev–Trinajstić information content (AvgIpc) is 3.23. The summed E-state index contributed by atoms with van der Waals surface area (Å²) in [6.45, 7) is 6.03. The molecule has 1 aromatic rings. The van der Waals surface area contributed by atoms with Crippen LogP contribution in [0.4, 0.5) is 0 Å². The van der Waals surface area contributed by atoms with Gasteiger partial charge in [0.15, 0.2) is 17.6 Å². The topological polar surface area (TPSA) is 129 Å². The van der Waals surface area contributed by atoms with Gasteiger partial charge < -0.3 is 24.1 Å². The second-order valence-electron chi connectivity index (χ2n) is 10.1. The SMILES string of the molecule is Cc1cn([C@@H]2O[C@](CO)(COC(=O)C(C)(C)C)[C@H]3OC4(CCCCC4)O[C@@H]23)c(=O)[nH]c1=O. The predicted molar refractivity (Wildman–Crippen MR) is 112 cm³/mol. The maximum absolute atomic E-state index is 12.6. The van der Waals surface area contributed by atoms with E-state index in [4.69, 9.17) is 18.9 Å². The van der Waals surface area contributed by atoms with Crippen molar-refractivity contribution in [2.45, 2.75) is 89.6 Å². The number of esters is 1. The maximum Gasteiger partial charge on any atom is 0.330 e. The summed E-state index contributed by atoms with van der Waals surface area (Å²) >= 11 is 0. The van der Waals surface area contributed by atoms with Crippen LogP contribution in [0.3, 0.4) is 0 Å². The summed E-state index contributed by atoms with van der Waals surface area (Å²) in [5.41, 5.74) is -2.96. The number of nitrogens with one attached hydrogen (secondary N) is 1. The number of aliphatic hydroxyl groups is 1. The Morgan fingerprint density at radius 1 is 1.22 bits per heavy atom. The van der Waals surface area contributed by atoms with E-state index in [1.807, 2.05) is 0 Å². The van der Waals surface area contributed by atoms with Crippen LogP contribution < -0.4 is 11.2 Å². The first-order valence-corrected chi connectivity index (χ1v) is 11.1. The molecule has 0 amide bonds. The number of hydrogen-bond acceptors (Lipinski definition) is 8. The molecule has 3 aliphatic rings. The fourth-order valence-electron chi connectivity index (χ4n) is 4.63. The normalized spacial score (nSPS) is 31.6. The highest BCUT2D eigenvalue weighted by Crippen LogP contribution is 2.51. The third-order valence-corrected chi connectivity index (χ3v) is 6.51. The number of H-pyrrole nitrogens is 1. The zero-order chi connectivity index (χ0) is 23.3.